The van der Waals surface area contributed by atoms with Crippen LogP contribution in [0.4, 0.5) is 17.1 Å². The van der Waals surface area contributed by atoms with Gasteiger partial charge in [-0.15, -0.1) is 0 Å². The van der Waals surface area contributed by atoms with Crippen molar-refractivity contribution in [2.45, 2.75) is 0 Å². The number of non-ortho nitro benzene ring substituents is 1. The van der Waals surface area contributed by atoms with Crippen LogP contribution < -0.4 is 5.73 Å². The Morgan fingerprint density at radius 2 is 1.88 bits per heavy atom. The Labute approximate surface area is 94.1 Å². The summed E-state index contributed by atoms with van der Waals surface area (Å²) in [5.74, 6) is -0.977. The molecule has 0 aliphatic rings. The predicted molar refractivity (Wildman–Crippen MR) is 55.5 cm³/mol. The predicted octanol–water partition coefficient (Wildman–Crippen LogP) is 0.872. The molecule has 0 aliphatic carbocycles. The molecule has 1 aromatic carbocycles. The maximum Gasteiger partial charge on any atom is 0.340 e. The SMILES string of the molecule is COC(=O)c1cc([N+](=O)[O-])cc([N+](=O)[O-])c1N. The average Bonchev–Trinajstić information content (AvgIpc) is 2.27. The van der Waals surface area contributed by atoms with Gasteiger partial charge in [-0.05, 0) is 0 Å². The van der Waals surface area contributed by atoms with E-state index in [1.807, 2.05) is 0 Å². The number of hydrogen-bond acceptors (Lipinski definition) is 7. The molecule has 0 atom stereocenters. The van der Waals surface area contributed by atoms with Crippen LogP contribution in [0.5, 0.6) is 0 Å². The number of esters is 1. The van der Waals surface area contributed by atoms with Crippen molar-refractivity contribution in [1.82, 2.24) is 0 Å². The number of ether oxygens (including phenoxy) is 1. The summed E-state index contributed by atoms with van der Waals surface area (Å²) in [4.78, 5) is 30.6. The molecule has 0 radical (unpaired) electrons. The first-order valence-electron chi connectivity index (χ1n) is 4.19. The van der Waals surface area contributed by atoms with Crippen molar-refractivity contribution in [3.8, 4) is 0 Å². The normalized spacial score (nSPS) is 9.71. The van der Waals surface area contributed by atoms with Gasteiger partial charge in [-0.1, -0.05) is 0 Å². The van der Waals surface area contributed by atoms with Crippen LogP contribution >= 0.6 is 0 Å². The average molecular weight is 241 g/mol. The molecule has 9 heteroatoms. The monoisotopic (exact) mass is 241 g/mol. The van der Waals surface area contributed by atoms with Crippen molar-refractivity contribution in [3.05, 3.63) is 37.9 Å². The molecule has 0 bridgehead atoms. The van der Waals surface area contributed by atoms with E-state index in [-0.39, 0.29) is 0 Å². The molecule has 2 N–H and O–H groups in total. The number of nitrogen functional groups attached to an aromatic ring is 1. The molecule has 90 valence electrons. The molecule has 0 amide bonds. The van der Waals surface area contributed by atoms with E-state index in [2.05, 4.69) is 4.74 Å². The van der Waals surface area contributed by atoms with Gasteiger partial charge < -0.3 is 10.5 Å². The Morgan fingerprint density at radius 1 is 1.29 bits per heavy atom. The lowest BCUT2D eigenvalue weighted by Gasteiger charge is -2.04. The number of methoxy groups -OCH3 is 1. The molecule has 0 saturated heterocycles. The first-order chi connectivity index (χ1) is 7.88. The smallest absolute Gasteiger partial charge is 0.340 e. The molecule has 0 spiro atoms. The first kappa shape index (κ1) is 12.4. The zero-order chi connectivity index (χ0) is 13.2. The van der Waals surface area contributed by atoms with E-state index in [4.69, 9.17) is 5.73 Å². The second kappa shape index (κ2) is 4.43. The third-order valence-corrected chi connectivity index (χ3v) is 1.96. The highest BCUT2D eigenvalue weighted by Crippen LogP contribution is 2.31. The van der Waals surface area contributed by atoms with Gasteiger partial charge in [-0.2, -0.15) is 0 Å². The molecule has 0 unspecified atom stereocenters. The molecular formula is C8H7N3O6. The summed E-state index contributed by atoms with van der Waals surface area (Å²) in [5.41, 5.74) is 3.18. The summed E-state index contributed by atoms with van der Waals surface area (Å²) in [5, 5.41) is 21.2. The van der Waals surface area contributed by atoms with E-state index in [1.54, 1.807) is 0 Å². The molecule has 9 nitrogen and oxygen atoms in total. The van der Waals surface area contributed by atoms with Crippen LogP contribution in [-0.2, 0) is 4.74 Å². The highest BCUT2D eigenvalue weighted by molar-refractivity contribution is 5.98. The van der Waals surface area contributed by atoms with Gasteiger partial charge in [-0.25, -0.2) is 4.79 Å². The fraction of sp³-hybridized carbons (Fsp3) is 0.125. The van der Waals surface area contributed by atoms with Crippen LogP contribution in [0.2, 0.25) is 0 Å². The molecule has 0 aromatic heterocycles. The lowest BCUT2D eigenvalue weighted by atomic mass is 10.1. The second-order valence-electron chi connectivity index (χ2n) is 2.93. The van der Waals surface area contributed by atoms with Gasteiger partial charge in [0.1, 0.15) is 5.69 Å². The highest BCUT2D eigenvalue weighted by atomic mass is 16.6. The van der Waals surface area contributed by atoms with Crippen molar-refractivity contribution in [2.75, 3.05) is 12.8 Å². The minimum atomic E-state index is -0.977. The molecule has 0 saturated carbocycles. The summed E-state index contributed by atoms with van der Waals surface area (Å²) in [6, 6.07) is 1.51. The van der Waals surface area contributed by atoms with Crippen molar-refractivity contribution in [2.24, 2.45) is 0 Å². The zero-order valence-electron chi connectivity index (χ0n) is 8.58. The Balaban J connectivity index is 3.54. The maximum absolute atomic E-state index is 11.2. The van der Waals surface area contributed by atoms with E-state index in [0.717, 1.165) is 13.2 Å². The summed E-state index contributed by atoms with van der Waals surface area (Å²) >= 11 is 0. The summed E-state index contributed by atoms with van der Waals surface area (Å²) < 4.78 is 4.32. The van der Waals surface area contributed by atoms with Crippen molar-refractivity contribution < 1.29 is 19.4 Å². The van der Waals surface area contributed by atoms with E-state index in [9.17, 15) is 25.0 Å². The summed E-state index contributed by atoms with van der Waals surface area (Å²) in [7, 11) is 1.03. The van der Waals surface area contributed by atoms with Crippen LogP contribution in [-0.4, -0.2) is 22.9 Å². The largest absolute Gasteiger partial charge is 0.465 e. The van der Waals surface area contributed by atoms with Crippen LogP contribution in [0.1, 0.15) is 10.4 Å². The fourth-order valence-electron chi connectivity index (χ4n) is 1.16. The van der Waals surface area contributed by atoms with Gasteiger partial charge in [0.2, 0.25) is 0 Å². The number of nitro benzene ring substituents is 2. The molecular weight excluding hydrogens is 234 g/mol. The van der Waals surface area contributed by atoms with Crippen molar-refractivity contribution in [3.63, 3.8) is 0 Å². The second-order valence-corrected chi connectivity index (χ2v) is 2.93. The Morgan fingerprint density at radius 3 is 2.29 bits per heavy atom. The molecule has 1 aromatic rings. The lowest BCUT2D eigenvalue weighted by Crippen LogP contribution is -2.09. The van der Waals surface area contributed by atoms with Gasteiger partial charge in [0.05, 0.1) is 28.6 Å². The number of carbonyl (C=O) groups is 1. The van der Waals surface area contributed by atoms with E-state index >= 15 is 0 Å². The Hall–Kier alpha value is -2.71. The number of nitrogens with two attached hydrogens (primary N) is 1. The van der Waals surface area contributed by atoms with Crippen LogP contribution in [0.3, 0.4) is 0 Å². The van der Waals surface area contributed by atoms with Gasteiger partial charge >= 0.3 is 5.97 Å². The molecule has 0 aliphatic heterocycles. The fourth-order valence-corrected chi connectivity index (χ4v) is 1.16. The van der Waals surface area contributed by atoms with Gasteiger partial charge in [-0.3, -0.25) is 20.2 Å². The van der Waals surface area contributed by atoms with Crippen LogP contribution in [0, 0.1) is 20.2 Å². The Bertz CT molecular complexity index is 512. The van der Waals surface area contributed by atoms with Crippen molar-refractivity contribution in [1.29, 1.82) is 0 Å². The number of carbonyl (C=O) groups excluding carboxylic acids is 1. The number of hydrogen-bond donors (Lipinski definition) is 1. The standard InChI is InChI=1S/C8H7N3O6/c1-17-8(12)5-2-4(10(13)14)3-6(7(5)9)11(15)16/h2-3H,9H2,1H3. The van der Waals surface area contributed by atoms with Gasteiger partial charge in [0.25, 0.3) is 11.4 Å². The van der Waals surface area contributed by atoms with Gasteiger partial charge in [0.15, 0.2) is 0 Å². The lowest BCUT2D eigenvalue weighted by molar-refractivity contribution is -0.393. The zero-order valence-corrected chi connectivity index (χ0v) is 8.58. The topological polar surface area (TPSA) is 139 Å². The van der Waals surface area contributed by atoms with E-state index in [0.29, 0.717) is 6.07 Å². The van der Waals surface area contributed by atoms with E-state index in [1.165, 1.54) is 0 Å². The summed E-state index contributed by atoms with van der Waals surface area (Å²) in [6.45, 7) is 0. The highest BCUT2D eigenvalue weighted by Gasteiger charge is 2.25. The van der Waals surface area contributed by atoms with E-state index < -0.39 is 38.4 Å². The number of benzene rings is 1. The van der Waals surface area contributed by atoms with Crippen LogP contribution in [0.15, 0.2) is 12.1 Å². The molecule has 1 rings (SSSR count). The molecule has 17 heavy (non-hydrogen) atoms. The number of anilines is 1. The van der Waals surface area contributed by atoms with Crippen molar-refractivity contribution >= 4 is 23.0 Å². The molecule has 0 heterocycles. The quantitative estimate of drug-likeness (QED) is 0.358. The van der Waals surface area contributed by atoms with Gasteiger partial charge in [0, 0.05) is 6.07 Å². The summed E-state index contributed by atoms with van der Waals surface area (Å²) in [6.07, 6.45) is 0. The number of rotatable bonds is 3. The third kappa shape index (κ3) is 2.27. The third-order valence-electron chi connectivity index (χ3n) is 1.96. The van der Waals surface area contributed by atoms with Crippen LogP contribution in [0.25, 0.3) is 0 Å². The maximum atomic E-state index is 11.2. The molecule has 0 fully saturated rings. The minimum Gasteiger partial charge on any atom is -0.465 e. The number of nitrogens with zero attached hydrogens (tertiary/aromatic N) is 2. The Kier molecular flexibility index (Phi) is 3.22. The number of nitro groups is 2. The first-order valence-corrected chi connectivity index (χ1v) is 4.19. The minimum absolute atomic E-state index is 0.409.